The molecular weight excluding hydrogens is 252 g/mol. The zero-order valence-corrected chi connectivity index (χ0v) is 11.2. The van der Waals surface area contributed by atoms with E-state index in [9.17, 15) is 13.5 Å². The molecule has 1 unspecified atom stereocenters. The van der Waals surface area contributed by atoms with Gasteiger partial charge < -0.3 is 10.0 Å². The normalized spacial score (nSPS) is 21.3. The van der Waals surface area contributed by atoms with Gasteiger partial charge in [-0.1, -0.05) is 6.07 Å². The van der Waals surface area contributed by atoms with Crippen molar-refractivity contribution in [2.75, 3.05) is 26.7 Å². The van der Waals surface area contributed by atoms with Crippen molar-refractivity contribution in [2.45, 2.75) is 11.3 Å². The van der Waals surface area contributed by atoms with Crippen LogP contribution in [0.25, 0.3) is 0 Å². The molecule has 0 bridgehead atoms. The highest BCUT2D eigenvalue weighted by Crippen LogP contribution is 2.17. The second kappa shape index (κ2) is 5.26. The molecule has 1 saturated heterocycles. The molecule has 2 N–H and O–H groups in total. The van der Waals surface area contributed by atoms with Crippen LogP contribution >= 0.6 is 0 Å². The first-order valence-electron chi connectivity index (χ1n) is 5.94. The molecule has 1 aromatic rings. The molecule has 0 aromatic heterocycles. The van der Waals surface area contributed by atoms with E-state index in [0.717, 1.165) is 19.5 Å². The van der Waals surface area contributed by atoms with Crippen LogP contribution in [-0.2, 0) is 10.0 Å². The van der Waals surface area contributed by atoms with Crippen molar-refractivity contribution >= 4 is 10.0 Å². The molecule has 0 aliphatic carbocycles. The molecule has 18 heavy (non-hydrogen) atoms. The van der Waals surface area contributed by atoms with Gasteiger partial charge in [-0.05, 0) is 44.1 Å². The van der Waals surface area contributed by atoms with Crippen LogP contribution in [0, 0.1) is 5.92 Å². The standard InChI is InChI=1S/C12H18N2O3S/c1-14-6-5-10(9-14)8-13-18(16,17)12-4-2-3-11(15)7-12/h2-4,7,10,13,15H,5-6,8-9H2,1H3. The number of benzene rings is 1. The molecule has 1 aromatic carbocycles. The molecule has 1 aliphatic rings. The van der Waals surface area contributed by atoms with Crippen LogP contribution < -0.4 is 4.72 Å². The van der Waals surface area contributed by atoms with Crippen molar-refractivity contribution in [3.8, 4) is 5.75 Å². The molecule has 1 heterocycles. The first kappa shape index (κ1) is 13.3. The molecule has 1 aliphatic heterocycles. The van der Waals surface area contributed by atoms with Crippen molar-refractivity contribution in [1.82, 2.24) is 9.62 Å². The molecule has 0 saturated carbocycles. The second-order valence-electron chi connectivity index (χ2n) is 4.77. The molecule has 0 radical (unpaired) electrons. The Morgan fingerprint density at radius 1 is 1.50 bits per heavy atom. The van der Waals surface area contributed by atoms with Gasteiger partial charge >= 0.3 is 0 Å². The van der Waals surface area contributed by atoms with Gasteiger partial charge in [0.1, 0.15) is 5.75 Å². The Balaban J connectivity index is 1.99. The quantitative estimate of drug-likeness (QED) is 0.841. The number of sulfonamides is 1. The molecule has 2 rings (SSSR count). The number of likely N-dealkylation sites (tertiary alicyclic amines) is 1. The summed E-state index contributed by atoms with van der Waals surface area (Å²) in [7, 11) is -1.48. The van der Waals surface area contributed by atoms with Crippen LogP contribution in [0.1, 0.15) is 6.42 Å². The number of phenolic OH excluding ortho intramolecular Hbond substituents is 1. The van der Waals surface area contributed by atoms with Gasteiger partial charge in [-0.15, -0.1) is 0 Å². The van der Waals surface area contributed by atoms with Crippen LogP contribution in [0.2, 0.25) is 0 Å². The number of nitrogens with zero attached hydrogens (tertiary/aromatic N) is 1. The molecular formula is C12H18N2O3S. The first-order valence-corrected chi connectivity index (χ1v) is 7.43. The predicted octanol–water partition coefficient (Wildman–Crippen LogP) is 0.622. The highest BCUT2D eigenvalue weighted by Gasteiger charge is 2.22. The minimum absolute atomic E-state index is 0.0431. The fourth-order valence-electron chi connectivity index (χ4n) is 2.15. The van der Waals surface area contributed by atoms with Gasteiger partial charge in [0.05, 0.1) is 4.90 Å². The molecule has 1 atom stereocenters. The van der Waals surface area contributed by atoms with Crippen molar-refractivity contribution < 1.29 is 13.5 Å². The van der Waals surface area contributed by atoms with Crippen LogP contribution in [0.15, 0.2) is 29.2 Å². The maximum atomic E-state index is 12.0. The summed E-state index contributed by atoms with van der Waals surface area (Å²) in [5, 5.41) is 9.29. The lowest BCUT2D eigenvalue weighted by atomic mass is 10.1. The fourth-order valence-corrected chi connectivity index (χ4v) is 3.31. The van der Waals surface area contributed by atoms with Gasteiger partial charge in [0, 0.05) is 13.1 Å². The molecule has 5 nitrogen and oxygen atoms in total. The lowest BCUT2D eigenvalue weighted by Gasteiger charge is -2.12. The Morgan fingerprint density at radius 3 is 2.89 bits per heavy atom. The lowest BCUT2D eigenvalue weighted by molar-refractivity contribution is 0.394. The summed E-state index contributed by atoms with van der Waals surface area (Å²) in [5.41, 5.74) is 0. The van der Waals surface area contributed by atoms with E-state index in [1.54, 1.807) is 0 Å². The van der Waals surface area contributed by atoms with Crippen LogP contribution in [0.4, 0.5) is 0 Å². The first-order chi connectivity index (χ1) is 8.47. The summed E-state index contributed by atoms with van der Waals surface area (Å²) in [4.78, 5) is 2.29. The van der Waals surface area contributed by atoms with E-state index in [2.05, 4.69) is 9.62 Å². The summed E-state index contributed by atoms with van der Waals surface area (Å²) in [5.74, 6) is 0.320. The zero-order chi connectivity index (χ0) is 13.2. The third-order valence-electron chi connectivity index (χ3n) is 3.18. The Labute approximate surface area is 107 Å². The monoisotopic (exact) mass is 270 g/mol. The topological polar surface area (TPSA) is 69.6 Å². The molecule has 100 valence electrons. The highest BCUT2D eigenvalue weighted by atomic mass is 32.2. The van der Waals surface area contributed by atoms with E-state index in [-0.39, 0.29) is 10.6 Å². The summed E-state index contributed by atoms with van der Waals surface area (Å²) in [6.07, 6.45) is 1.01. The minimum atomic E-state index is -3.52. The van der Waals surface area contributed by atoms with Crippen molar-refractivity contribution in [3.05, 3.63) is 24.3 Å². The summed E-state index contributed by atoms with van der Waals surface area (Å²) in [6.45, 7) is 2.38. The van der Waals surface area contributed by atoms with Gasteiger partial charge in [0.2, 0.25) is 10.0 Å². The smallest absolute Gasteiger partial charge is 0.240 e. The van der Waals surface area contributed by atoms with Gasteiger partial charge in [-0.2, -0.15) is 0 Å². The zero-order valence-electron chi connectivity index (χ0n) is 10.3. The molecule has 0 amide bonds. The van der Waals surface area contributed by atoms with Gasteiger partial charge in [-0.3, -0.25) is 0 Å². The van der Waals surface area contributed by atoms with Crippen LogP contribution in [0.3, 0.4) is 0 Å². The van der Waals surface area contributed by atoms with E-state index in [1.807, 2.05) is 7.05 Å². The SMILES string of the molecule is CN1CCC(CNS(=O)(=O)c2cccc(O)c2)C1. The Bertz CT molecular complexity index is 516. The van der Waals surface area contributed by atoms with Gasteiger partial charge in [0.25, 0.3) is 0 Å². The van der Waals surface area contributed by atoms with Crippen molar-refractivity contribution in [2.24, 2.45) is 5.92 Å². The van der Waals surface area contributed by atoms with Gasteiger partial charge in [-0.25, -0.2) is 13.1 Å². The molecule has 6 heteroatoms. The van der Waals surface area contributed by atoms with E-state index in [0.29, 0.717) is 12.5 Å². The Morgan fingerprint density at radius 2 is 2.28 bits per heavy atom. The number of hydrogen-bond donors (Lipinski definition) is 2. The van der Waals surface area contributed by atoms with Gasteiger partial charge in [0.15, 0.2) is 0 Å². The third kappa shape index (κ3) is 3.22. The molecule has 1 fully saturated rings. The Hall–Kier alpha value is -1.11. The van der Waals surface area contributed by atoms with Crippen LogP contribution in [-0.4, -0.2) is 45.1 Å². The maximum absolute atomic E-state index is 12.0. The fraction of sp³-hybridized carbons (Fsp3) is 0.500. The molecule has 0 spiro atoms. The summed E-state index contributed by atoms with van der Waals surface area (Å²) in [6, 6.07) is 5.70. The van der Waals surface area contributed by atoms with E-state index < -0.39 is 10.0 Å². The van der Waals surface area contributed by atoms with Crippen molar-refractivity contribution in [3.63, 3.8) is 0 Å². The maximum Gasteiger partial charge on any atom is 0.240 e. The van der Waals surface area contributed by atoms with E-state index in [1.165, 1.54) is 24.3 Å². The Kier molecular flexibility index (Phi) is 3.89. The highest BCUT2D eigenvalue weighted by molar-refractivity contribution is 7.89. The van der Waals surface area contributed by atoms with E-state index >= 15 is 0 Å². The third-order valence-corrected chi connectivity index (χ3v) is 4.60. The predicted molar refractivity (Wildman–Crippen MR) is 68.9 cm³/mol. The number of nitrogens with one attached hydrogen (secondary N) is 1. The number of aromatic hydroxyl groups is 1. The lowest BCUT2D eigenvalue weighted by Crippen LogP contribution is -2.30. The summed E-state index contributed by atoms with van der Waals surface area (Å²) < 4.78 is 26.6. The second-order valence-corrected chi connectivity index (χ2v) is 6.53. The van der Waals surface area contributed by atoms with Crippen LogP contribution in [0.5, 0.6) is 5.75 Å². The largest absolute Gasteiger partial charge is 0.508 e. The summed E-state index contributed by atoms with van der Waals surface area (Å²) >= 11 is 0. The average molecular weight is 270 g/mol. The average Bonchev–Trinajstić information content (AvgIpc) is 2.73. The minimum Gasteiger partial charge on any atom is -0.508 e. The van der Waals surface area contributed by atoms with E-state index in [4.69, 9.17) is 0 Å². The van der Waals surface area contributed by atoms with Crippen molar-refractivity contribution in [1.29, 1.82) is 0 Å². The number of phenols is 1. The number of hydrogen-bond acceptors (Lipinski definition) is 4. The number of rotatable bonds is 4.